The van der Waals surface area contributed by atoms with Gasteiger partial charge in [0.2, 0.25) is 10.0 Å². The van der Waals surface area contributed by atoms with Crippen LogP contribution in [0.4, 0.5) is 0 Å². The van der Waals surface area contributed by atoms with E-state index in [-0.39, 0.29) is 16.9 Å². The Kier molecular flexibility index (Phi) is 5.12. The summed E-state index contributed by atoms with van der Waals surface area (Å²) >= 11 is 0. The van der Waals surface area contributed by atoms with Crippen molar-refractivity contribution in [2.45, 2.75) is 45.1 Å². The molecular weight excluding hydrogens is 262 g/mol. The Bertz CT molecular complexity index is 518. The Balaban J connectivity index is 2.62. The lowest BCUT2D eigenvalue weighted by molar-refractivity contribution is 0.0571. The highest BCUT2D eigenvalue weighted by Gasteiger charge is 2.22. The van der Waals surface area contributed by atoms with Crippen molar-refractivity contribution in [3.63, 3.8) is 0 Å². The van der Waals surface area contributed by atoms with Crippen molar-refractivity contribution in [1.29, 1.82) is 0 Å². The summed E-state index contributed by atoms with van der Waals surface area (Å²) in [6.07, 6.45) is -0.137. The number of sulfonamides is 1. The lowest BCUT2D eigenvalue weighted by Gasteiger charge is -2.25. The monoisotopic (exact) mass is 285 g/mol. The van der Waals surface area contributed by atoms with Crippen LogP contribution in [0, 0.1) is 12.3 Å². The van der Waals surface area contributed by atoms with Crippen LogP contribution in [0.25, 0.3) is 0 Å². The Morgan fingerprint density at radius 3 is 2.47 bits per heavy atom. The van der Waals surface area contributed by atoms with Crippen LogP contribution < -0.4 is 4.72 Å². The average molecular weight is 285 g/mol. The summed E-state index contributed by atoms with van der Waals surface area (Å²) in [7, 11) is -3.49. The van der Waals surface area contributed by atoms with Crippen LogP contribution in [0.3, 0.4) is 0 Å². The third-order valence-electron chi connectivity index (χ3n) is 3.01. The zero-order valence-corrected chi connectivity index (χ0v) is 12.8. The van der Waals surface area contributed by atoms with Gasteiger partial charge in [-0.25, -0.2) is 13.1 Å². The first-order chi connectivity index (χ1) is 8.63. The summed E-state index contributed by atoms with van der Waals surface area (Å²) in [5, 5.41) is 9.86. The fourth-order valence-electron chi connectivity index (χ4n) is 1.63. The molecule has 1 aromatic carbocycles. The van der Waals surface area contributed by atoms with Gasteiger partial charge < -0.3 is 5.11 Å². The van der Waals surface area contributed by atoms with Crippen molar-refractivity contribution in [2.24, 2.45) is 5.41 Å². The minimum absolute atomic E-state index is 0.231. The molecule has 19 heavy (non-hydrogen) atoms. The van der Waals surface area contributed by atoms with Crippen LogP contribution in [0.5, 0.6) is 0 Å². The molecule has 108 valence electrons. The first kappa shape index (κ1) is 16.1. The van der Waals surface area contributed by atoms with Gasteiger partial charge in [0.1, 0.15) is 0 Å². The number of aryl methyl sites for hydroxylation is 1. The molecule has 0 saturated carbocycles. The zero-order valence-electron chi connectivity index (χ0n) is 12.0. The Morgan fingerprint density at radius 1 is 1.32 bits per heavy atom. The van der Waals surface area contributed by atoms with Gasteiger partial charge in [-0.1, -0.05) is 32.9 Å². The molecule has 1 rings (SSSR count). The fraction of sp³-hybridized carbons (Fsp3) is 0.571. The molecule has 0 radical (unpaired) electrons. The third-order valence-corrected chi connectivity index (χ3v) is 4.47. The molecule has 5 heteroatoms. The van der Waals surface area contributed by atoms with E-state index < -0.39 is 16.1 Å². The maximum Gasteiger partial charge on any atom is 0.240 e. The Morgan fingerprint density at radius 2 is 1.95 bits per heavy atom. The van der Waals surface area contributed by atoms with Gasteiger partial charge in [0.05, 0.1) is 11.0 Å². The number of rotatable bonds is 5. The van der Waals surface area contributed by atoms with Gasteiger partial charge in [-0.05, 0) is 36.5 Å². The number of nitrogens with one attached hydrogen (secondary N) is 1. The number of hydrogen-bond acceptors (Lipinski definition) is 3. The van der Waals surface area contributed by atoms with Gasteiger partial charge >= 0.3 is 0 Å². The second-order valence-electron chi connectivity index (χ2n) is 5.88. The fourth-order valence-corrected chi connectivity index (χ4v) is 2.78. The normalized spacial score (nSPS) is 14.4. The van der Waals surface area contributed by atoms with Gasteiger partial charge in [0.25, 0.3) is 0 Å². The van der Waals surface area contributed by atoms with Crippen molar-refractivity contribution in [2.75, 3.05) is 6.54 Å². The molecule has 0 aliphatic heterocycles. The van der Waals surface area contributed by atoms with Crippen LogP contribution in [-0.2, 0) is 10.0 Å². The van der Waals surface area contributed by atoms with Gasteiger partial charge in [-0.15, -0.1) is 0 Å². The second-order valence-corrected chi connectivity index (χ2v) is 7.65. The molecule has 0 saturated heterocycles. The second kappa shape index (κ2) is 6.03. The number of hydrogen-bond donors (Lipinski definition) is 2. The molecule has 0 heterocycles. The van der Waals surface area contributed by atoms with E-state index in [1.807, 2.05) is 33.8 Å². The van der Waals surface area contributed by atoms with Gasteiger partial charge in [-0.3, -0.25) is 0 Å². The SMILES string of the molecule is Cc1cccc(S(=O)(=O)NCCC(O)C(C)(C)C)c1. The topological polar surface area (TPSA) is 66.4 Å². The Labute approximate surface area is 115 Å². The minimum Gasteiger partial charge on any atom is -0.393 e. The van der Waals surface area contributed by atoms with E-state index in [1.165, 1.54) is 0 Å². The molecule has 1 atom stereocenters. The summed E-state index contributed by atoms with van der Waals surface area (Å²) in [6.45, 7) is 7.85. The van der Waals surface area contributed by atoms with Crippen molar-refractivity contribution < 1.29 is 13.5 Å². The molecule has 1 unspecified atom stereocenters. The molecule has 1 aromatic rings. The summed E-state index contributed by atoms with van der Waals surface area (Å²) in [5.41, 5.74) is 0.659. The van der Waals surface area contributed by atoms with Gasteiger partial charge in [0.15, 0.2) is 0 Å². The molecule has 0 aliphatic rings. The van der Waals surface area contributed by atoms with Crippen LogP contribution in [0.1, 0.15) is 32.8 Å². The van der Waals surface area contributed by atoms with Crippen LogP contribution in [0.15, 0.2) is 29.2 Å². The molecule has 0 bridgehead atoms. The van der Waals surface area contributed by atoms with Crippen molar-refractivity contribution in [1.82, 2.24) is 4.72 Å². The van der Waals surface area contributed by atoms with Crippen molar-refractivity contribution in [3.05, 3.63) is 29.8 Å². The average Bonchev–Trinajstić information content (AvgIpc) is 2.27. The van der Waals surface area contributed by atoms with Gasteiger partial charge in [-0.2, -0.15) is 0 Å². The Hall–Kier alpha value is -0.910. The van der Waals surface area contributed by atoms with Crippen molar-refractivity contribution >= 4 is 10.0 Å². The van der Waals surface area contributed by atoms with Crippen LogP contribution in [0.2, 0.25) is 0 Å². The molecule has 0 aromatic heterocycles. The lowest BCUT2D eigenvalue weighted by Crippen LogP contribution is -2.32. The minimum atomic E-state index is -3.49. The maximum atomic E-state index is 12.0. The van der Waals surface area contributed by atoms with Crippen molar-refractivity contribution in [3.8, 4) is 0 Å². The first-order valence-electron chi connectivity index (χ1n) is 6.37. The predicted molar refractivity (Wildman–Crippen MR) is 76.4 cm³/mol. The summed E-state index contributed by atoms with van der Waals surface area (Å²) in [5.74, 6) is 0. The first-order valence-corrected chi connectivity index (χ1v) is 7.85. The molecule has 2 N–H and O–H groups in total. The van der Waals surface area contributed by atoms with E-state index in [0.29, 0.717) is 6.42 Å². The third kappa shape index (κ3) is 4.93. The molecule has 0 aliphatic carbocycles. The summed E-state index contributed by atoms with van der Waals surface area (Å²) < 4.78 is 26.6. The quantitative estimate of drug-likeness (QED) is 0.870. The lowest BCUT2D eigenvalue weighted by atomic mass is 9.87. The standard InChI is InChI=1S/C14H23NO3S/c1-11-6-5-7-12(10-11)19(17,18)15-9-8-13(16)14(2,3)4/h5-7,10,13,15-16H,8-9H2,1-4H3. The van der Waals surface area contributed by atoms with E-state index in [9.17, 15) is 13.5 Å². The smallest absolute Gasteiger partial charge is 0.240 e. The van der Waals surface area contributed by atoms with E-state index in [1.54, 1.807) is 18.2 Å². The number of aliphatic hydroxyl groups excluding tert-OH is 1. The van der Waals surface area contributed by atoms with E-state index in [0.717, 1.165) is 5.56 Å². The largest absolute Gasteiger partial charge is 0.393 e. The highest BCUT2D eigenvalue weighted by molar-refractivity contribution is 7.89. The molecule has 0 spiro atoms. The van der Waals surface area contributed by atoms with Crippen LogP contribution in [-0.4, -0.2) is 26.2 Å². The highest BCUT2D eigenvalue weighted by Crippen LogP contribution is 2.21. The van der Waals surface area contributed by atoms with Gasteiger partial charge in [0, 0.05) is 6.54 Å². The predicted octanol–water partition coefficient (Wildman–Crippen LogP) is 2.07. The summed E-state index contributed by atoms with van der Waals surface area (Å²) in [4.78, 5) is 0.262. The number of aliphatic hydroxyl groups is 1. The molecule has 4 nitrogen and oxygen atoms in total. The zero-order chi connectivity index (χ0) is 14.7. The summed E-state index contributed by atoms with van der Waals surface area (Å²) in [6, 6.07) is 6.76. The maximum absolute atomic E-state index is 12.0. The highest BCUT2D eigenvalue weighted by atomic mass is 32.2. The van der Waals surface area contributed by atoms with E-state index in [4.69, 9.17) is 0 Å². The van der Waals surface area contributed by atoms with E-state index in [2.05, 4.69) is 4.72 Å². The molecule has 0 amide bonds. The van der Waals surface area contributed by atoms with Crippen LogP contribution >= 0.6 is 0 Å². The number of benzene rings is 1. The molecule has 0 fully saturated rings. The molecular formula is C14H23NO3S. The van der Waals surface area contributed by atoms with E-state index >= 15 is 0 Å².